The highest BCUT2D eigenvalue weighted by Crippen LogP contribution is 2.22. The van der Waals surface area contributed by atoms with Crippen molar-refractivity contribution >= 4 is 28.4 Å². The monoisotopic (exact) mass is 308 g/mol. The van der Waals surface area contributed by atoms with Gasteiger partial charge in [0.15, 0.2) is 6.10 Å². The molecule has 0 spiro atoms. The number of H-pyrrole nitrogens is 1. The zero-order valence-corrected chi connectivity index (χ0v) is 12.3. The first-order valence-electron chi connectivity index (χ1n) is 6.96. The van der Waals surface area contributed by atoms with E-state index in [0.29, 0.717) is 31.4 Å². The summed E-state index contributed by atoms with van der Waals surface area (Å²) >= 11 is 6.02. The highest BCUT2D eigenvalue weighted by atomic mass is 35.5. The molecule has 1 aromatic carbocycles. The maximum Gasteiger partial charge on any atom is 0.251 e. The average molecular weight is 309 g/mol. The van der Waals surface area contributed by atoms with Gasteiger partial charge < -0.3 is 19.8 Å². The van der Waals surface area contributed by atoms with Gasteiger partial charge in [0.1, 0.15) is 0 Å². The van der Waals surface area contributed by atoms with Crippen LogP contribution in [0.4, 0.5) is 0 Å². The van der Waals surface area contributed by atoms with Crippen LogP contribution in [-0.4, -0.2) is 43.4 Å². The molecule has 1 fully saturated rings. The lowest BCUT2D eigenvalue weighted by atomic mass is 10.1. The average Bonchev–Trinajstić information content (AvgIpc) is 2.90. The SMILES string of the molecule is O=C(NCCc1c[nH]c2ccc(Cl)cc12)[C@@H]1COCCO1. The van der Waals surface area contributed by atoms with Crippen molar-refractivity contribution in [2.24, 2.45) is 0 Å². The maximum absolute atomic E-state index is 11.9. The van der Waals surface area contributed by atoms with Crippen molar-refractivity contribution in [3.8, 4) is 0 Å². The molecule has 2 N–H and O–H groups in total. The summed E-state index contributed by atoms with van der Waals surface area (Å²) in [4.78, 5) is 15.1. The molecule has 1 amide bonds. The molecular weight excluding hydrogens is 292 g/mol. The van der Waals surface area contributed by atoms with Crippen LogP contribution in [-0.2, 0) is 20.7 Å². The molecule has 1 aliphatic rings. The van der Waals surface area contributed by atoms with Gasteiger partial charge in [0.05, 0.1) is 19.8 Å². The van der Waals surface area contributed by atoms with Crippen LogP contribution >= 0.6 is 11.6 Å². The predicted molar refractivity (Wildman–Crippen MR) is 80.6 cm³/mol. The lowest BCUT2D eigenvalue weighted by Gasteiger charge is -2.21. The number of nitrogens with one attached hydrogen (secondary N) is 2. The molecule has 0 saturated carbocycles. The number of rotatable bonds is 4. The zero-order chi connectivity index (χ0) is 14.7. The summed E-state index contributed by atoms with van der Waals surface area (Å²) in [6.45, 7) is 1.91. The van der Waals surface area contributed by atoms with Crippen molar-refractivity contribution in [2.45, 2.75) is 12.5 Å². The predicted octanol–water partition coefficient (Wildman–Crippen LogP) is 1.90. The standard InChI is InChI=1S/C15H17ClN2O3/c16-11-1-2-13-12(7-11)10(8-18-13)3-4-17-15(19)14-9-20-5-6-21-14/h1-2,7-8,14,18H,3-6,9H2,(H,17,19)/t14-/m0/s1. The topological polar surface area (TPSA) is 63.4 Å². The number of aromatic nitrogens is 1. The summed E-state index contributed by atoms with van der Waals surface area (Å²) in [6, 6.07) is 5.74. The number of carbonyl (C=O) groups is 1. The third-order valence-electron chi connectivity index (χ3n) is 3.53. The van der Waals surface area contributed by atoms with Crippen molar-refractivity contribution < 1.29 is 14.3 Å². The van der Waals surface area contributed by atoms with Gasteiger partial charge in [-0.1, -0.05) is 11.6 Å². The van der Waals surface area contributed by atoms with Gasteiger partial charge in [-0.3, -0.25) is 4.79 Å². The number of halogens is 1. The Kier molecular flexibility index (Phi) is 4.43. The minimum atomic E-state index is -0.490. The first-order valence-corrected chi connectivity index (χ1v) is 7.34. The Balaban J connectivity index is 1.56. The second-order valence-corrected chi connectivity index (χ2v) is 5.42. The Bertz CT molecular complexity index is 635. The molecule has 0 aliphatic carbocycles. The van der Waals surface area contributed by atoms with Crippen molar-refractivity contribution in [1.82, 2.24) is 10.3 Å². The number of carbonyl (C=O) groups excluding carboxylic acids is 1. The second kappa shape index (κ2) is 6.47. The van der Waals surface area contributed by atoms with Crippen LogP contribution in [0.5, 0.6) is 0 Å². The minimum Gasteiger partial charge on any atom is -0.376 e. The van der Waals surface area contributed by atoms with Gasteiger partial charge >= 0.3 is 0 Å². The van der Waals surface area contributed by atoms with Crippen molar-refractivity contribution in [3.05, 3.63) is 35.0 Å². The van der Waals surface area contributed by atoms with Crippen LogP contribution in [0.1, 0.15) is 5.56 Å². The fourth-order valence-corrected chi connectivity index (χ4v) is 2.60. The smallest absolute Gasteiger partial charge is 0.251 e. The Morgan fingerprint density at radius 1 is 1.43 bits per heavy atom. The molecule has 1 aliphatic heterocycles. The highest BCUT2D eigenvalue weighted by molar-refractivity contribution is 6.31. The molecule has 1 aromatic heterocycles. The maximum atomic E-state index is 11.9. The molecule has 21 heavy (non-hydrogen) atoms. The second-order valence-electron chi connectivity index (χ2n) is 4.98. The number of fused-ring (bicyclic) bond motifs is 1. The molecule has 2 heterocycles. The van der Waals surface area contributed by atoms with E-state index in [1.165, 1.54) is 0 Å². The van der Waals surface area contributed by atoms with E-state index in [1.54, 1.807) is 0 Å². The largest absolute Gasteiger partial charge is 0.376 e. The molecule has 0 unspecified atom stereocenters. The summed E-state index contributed by atoms with van der Waals surface area (Å²) in [5.74, 6) is -0.118. The van der Waals surface area contributed by atoms with E-state index in [2.05, 4.69) is 10.3 Å². The van der Waals surface area contributed by atoms with Gasteiger partial charge in [0, 0.05) is 28.7 Å². The quantitative estimate of drug-likeness (QED) is 0.906. The first-order chi connectivity index (χ1) is 10.2. The van der Waals surface area contributed by atoms with Gasteiger partial charge in [-0.15, -0.1) is 0 Å². The highest BCUT2D eigenvalue weighted by Gasteiger charge is 2.22. The van der Waals surface area contributed by atoms with Gasteiger partial charge in [-0.2, -0.15) is 0 Å². The molecule has 112 valence electrons. The number of ether oxygens (including phenoxy) is 2. The molecule has 6 heteroatoms. The number of aromatic amines is 1. The van der Waals surface area contributed by atoms with Crippen LogP contribution < -0.4 is 5.32 Å². The van der Waals surface area contributed by atoms with Gasteiger partial charge in [0.25, 0.3) is 5.91 Å². The number of hydrogen-bond donors (Lipinski definition) is 2. The van der Waals surface area contributed by atoms with Crippen LogP contribution in [0.3, 0.4) is 0 Å². The van der Waals surface area contributed by atoms with Crippen molar-refractivity contribution in [3.63, 3.8) is 0 Å². The summed E-state index contributed by atoms with van der Waals surface area (Å²) in [7, 11) is 0. The van der Waals surface area contributed by atoms with Crippen molar-refractivity contribution in [1.29, 1.82) is 0 Å². The Morgan fingerprint density at radius 2 is 2.33 bits per heavy atom. The van der Waals surface area contributed by atoms with Gasteiger partial charge in [0.2, 0.25) is 0 Å². The van der Waals surface area contributed by atoms with Crippen LogP contribution in [0.15, 0.2) is 24.4 Å². The lowest BCUT2D eigenvalue weighted by Crippen LogP contribution is -2.43. The Labute approximate surface area is 127 Å². The van der Waals surface area contributed by atoms with Crippen molar-refractivity contribution in [2.75, 3.05) is 26.4 Å². The normalized spacial score (nSPS) is 18.8. The first kappa shape index (κ1) is 14.4. The number of benzene rings is 1. The lowest BCUT2D eigenvalue weighted by molar-refractivity contribution is -0.147. The number of hydrogen-bond acceptors (Lipinski definition) is 3. The molecular formula is C15H17ClN2O3. The molecule has 0 radical (unpaired) electrons. The molecule has 2 aromatic rings. The van der Waals surface area contributed by atoms with E-state index < -0.39 is 6.10 Å². The Morgan fingerprint density at radius 3 is 3.14 bits per heavy atom. The van der Waals surface area contributed by atoms with Crippen LogP contribution in [0.2, 0.25) is 5.02 Å². The van der Waals surface area contributed by atoms with E-state index in [9.17, 15) is 4.79 Å². The van der Waals surface area contributed by atoms with Crippen LogP contribution in [0.25, 0.3) is 10.9 Å². The number of amides is 1. The third kappa shape index (κ3) is 3.37. The molecule has 3 rings (SSSR count). The fraction of sp³-hybridized carbons (Fsp3) is 0.400. The van der Waals surface area contributed by atoms with E-state index >= 15 is 0 Å². The summed E-state index contributed by atoms with van der Waals surface area (Å²) in [6.07, 6.45) is 2.20. The van der Waals surface area contributed by atoms with Crippen LogP contribution in [0, 0.1) is 0 Å². The Hall–Kier alpha value is -1.56. The minimum absolute atomic E-state index is 0.118. The molecule has 0 bridgehead atoms. The summed E-state index contributed by atoms with van der Waals surface area (Å²) < 4.78 is 10.6. The third-order valence-corrected chi connectivity index (χ3v) is 3.77. The molecule has 5 nitrogen and oxygen atoms in total. The summed E-state index contributed by atoms with van der Waals surface area (Å²) in [5, 5.41) is 4.68. The molecule has 1 saturated heterocycles. The fourth-order valence-electron chi connectivity index (χ4n) is 2.43. The molecule has 1 atom stereocenters. The van der Waals surface area contributed by atoms with E-state index in [4.69, 9.17) is 21.1 Å². The van der Waals surface area contributed by atoms with Gasteiger partial charge in [-0.05, 0) is 30.2 Å². The summed E-state index contributed by atoms with van der Waals surface area (Å²) in [5.41, 5.74) is 2.18. The van der Waals surface area contributed by atoms with E-state index in [1.807, 2.05) is 24.4 Å². The van der Waals surface area contributed by atoms with E-state index in [0.717, 1.165) is 22.9 Å². The van der Waals surface area contributed by atoms with E-state index in [-0.39, 0.29) is 5.91 Å². The van der Waals surface area contributed by atoms with Gasteiger partial charge in [-0.25, -0.2) is 0 Å². The zero-order valence-electron chi connectivity index (χ0n) is 11.5.